The number of hydrogen-bond donors (Lipinski definition) is 1. The standard InChI is InChI=1S/C7H8O3S.Pd/c1-6-4-2-3-5-7(6)11(8,9)10;/h2-5H,1H3,(H,8,9,10);. The van der Waals surface area contributed by atoms with Gasteiger partial charge in [0, 0.05) is 20.4 Å². The van der Waals surface area contributed by atoms with Crippen molar-refractivity contribution < 1.29 is 33.4 Å². The molecule has 0 saturated carbocycles. The van der Waals surface area contributed by atoms with Crippen molar-refractivity contribution in [1.29, 1.82) is 0 Å². The Morgan fingerprint density at radius 1 is 1.25 bits per heavy atom. The minimum absolute atomic E-state index is 0. The van der Waals surface area contributed by atoms with Crippen LogP contribution in [0.2, 0.25) is 0 Å². The summed E-state index contributed by atoms with van der Waals surface area (Å²) in [5.41, 5.74) is 0.551. The predicted octanol–water partition coefficient (Wildman–Crippen LogP) is 1.24. The number of hydrogen-bond acceptors (Lipinski definition) is 2. The average molecular weight is 279 g/mol. The molecule has 0 heterocycles. The summed E-state index contributed by atoms with van der Waals surface area (Å²) in [7, 11) is -4.03. The van der Waals surface area contributed by atoms with Crippen molar-refractivity contribution >= 4 is 10.1 Å². The third-order valence-electron chi connectivity index (χ3n) is 1.37. The van der Waals surface area contributed by atoms with E-state index < -0.39 is 10.1 Å². The smallest absolute Gasteiger partial charge is 0.282 e. The van der Waals surface area contributed by atoms with Crippen LogP contribution in [0.1, 0.15) is 5.56 Å². The van der Waals surface area contributed by atoms with Gasteiger partial charge in [0.15, 0.2) is 0 Å². The van der Waals surface area contributed by atoms with Crippen molar-refractivity contribution in [2.24, 2.45) is 0 Å². The molecule has 0 radical (unpaired) electrons. The van der Waals surface area contributed by atoms with Crippen LogP contribution < -0.4 is 0 Å². The van der Waals surface area contributed by atoms with Crippen molar-refractivity contribution in [2.45, 2.75) is 11.8 Å². The summed E-state index contributed by atoms with van der Waals surface area (Å²) < 4.78 is 29.9. The molecule has 0 spiro atoms. The van der Waals surface area contributed by atoms with E-state index >= 15 is 0 Å². The number of benzene rings is 1. The van der Waals surface area contributed by atoms with Gasteiger partial charge in [0.2, 0.25) is 0 Å². The van der Waals surface area contributed by atoms with Crippen LogP contribution in [0.4, 0.5) is 0 Å². The Morgan fingerprint density at radius 3 is 2.08 bits per heavy atom. The van der Waals surface area contributed by atoms with E-state index in [-0.39, 0.29) is 25.3 Å². The fraction of sp³-hybridized carbons (Fsp3) is 0.143. The molecule has 1 aromatic rings. The molecule has 0 aromatic heterocycles. The Bertz CT molecular complexity index is 359. The Balaban J connectivity index is 0.00000121. The third kappa shape index (κ3) is 2.68. The van der Waals surface area contributed by atoms with Crippen LogP contribution in [-0.2, 0) is 30.5 Å². The van der Waals surface area contributed by atoms with Crippen LogP contribution in [0.15, 0.2) is 29.2 Å². The monoisotopic (exact) mass is 278 g/mol. The molecule has 0 atom stereocenters. The minimum Gasteiger partial charge on any atom is -0.282 e. The van der Waals surface area contributed by atoms with Gasteiger partial charge in [-0.1, -0.05) is 18.2 Å². The second kappa shape index (κ2) is 4.15. The van der Waals surface area contributed by atoms with Crippen molar-refractivity contribution in [1.82, 2.24) is 0 Å². The molecule has 3 nitrogen and oxygen atoms in total. The van der Waals surface area contributed by atoms with E-state index in [2.05, 4.69) is 0 Å². The SMILES string of the molecule is Cc1ccccc1S(=O)(=O)O.[Pd]. The zero-order valence-corrected chi connectivity index (χ0v) is 8.67. The fourth-order valence-corrected chi connectivity index (χ4v) is 1.57. The van der Waals surface area contributed by atoms with Crippen LogP contribution in [0.25, 0.3) is 0 Å². The van der Waals surface area contributed by atoms with E-state index in [0.29, 0.717) is 5.56 Å². The van der Waals surface area contributed by atoms with Gasteiger partial charge in [-0.25, -0.2) is 0 Å². The summed E-state index contributed by atoms with van der Waals surface area (Å²) >= 11 is 0. The molecule has 0 saturated heterocycles. The molecule has 0 aliphatic rings. The number of aryl methyl sites for hydroxylation is 1. The van der Waals surface area contributed by atoms with E-state index in [1.54, 1.807) is 25.1 Å². The van der Waals surface area contributed by atoms with Crippen LogP contribution >= 0.6 is 0 Å². The van der Waals surface area contributed by atoms with Crippen LogP contribution in [0.3, 0.4) is 0 Å². The summed E-state index contributed by atoms with van der Waals surface area (Å²) in [4.78, 5) is -0.0278. The van der Waals surface area contributed by atoms with E-state index in [4.69, 9.17) is 4.55 Å². The van der Waals surface area contributed by atoms with Gasteiger partial charge in [0.1, 0.15) is 0 Å². The second-order valence-corrected chi connectivity index (χ2v) is 3.63. The van der Waals surface area contributed by atoms with Gasteiger partial charge >= 0.3 is 0 Å². The van der Waals surface area contributed by atoms with Gasteiger partial charge < -0.3 is 0 Å². The summed E-state index contributed by atoms with van der Waals surface area (Å²) in [6, 6.07) is 6.27. The molecule has 1 N–H and O–H groups in total. The van der Waals surface area contributed by atoms with Crippen LogP contribution in [0, 0.1) is 6.92 Å². The summed E-state index contributed by atoms with van der Waals surface area (Å²) in [5, 5.41) is 0. The Morgan fingerprint density at radius 2 is 1.75 bits per heavy atom. The fourth-order valence-electron chi connectivity index (χ4n) is 0.846. The van der Waals surface area contributed by atoms with Gasteiger partial charge in [-0.15, -0.1) is 0 Å². The van der Waals surface area contributed by atoms with Gasteiger partial charge in [-0.3, -0.25) is 4.55 Å². The second-order valence-electron chi connectivity index (χ2n) is 2.24. The molecule has 0 unspecified atom stereocenters. The molecule has 0 aliphatic carbocycles. The maximum Gasteiger partial charge on any atom is 0.294 e. The molecule has 1 rings (SSSR count). The van der Waals surface area contributed by atoms with Crippen molar-refractivity contribution in [2.75, 3.05) is 0 Å². The Labute approximate surface area is 85.2 Å². The van der Waals surface area contributed by atoms with Crippen molar-refractivity contribution in [3.63, 3.8) is 0 Å². The maximum atomic E-state index is 10.6. The van der Waals surface area contributed by atoms with E-state index in [9.17, 15) is 8.42 Å². The molecule has 0 aliphatic heterocycles. The first-order chi connectivity index (χ1) is 5.02. The maximum absolute atomic E-state index is 10.6. The van der Waals surface area contributed by atoms with E-state index in [1.807, 2.05) is 0 Å². The first-order valence-electron chi connectivity index (χ1n) is 3.05. The molecular weight excluding hydrogens is 271 g/mol. The molecule has 1 aromatic carbocycles. The predicted molar refractivity (Wildman–Crippen MR) is 41.0 cm³/mol. The normalized spacial score (nSPS) is 10.5. The molecular formula is C7H8O3PdS. The third-order valence-corrected chi connectivity index (χ3v) is 2.39. The molecule has 0 bridgehead atoms. The topological polar surface area (TPSA) is 54.4 Å². The summed E-state index contributed by atoms with van der Waals surface area (Å²) in [6.45, 7) is 1.63. The van der Waals surface area contributed by atoms with Gasteiger partial charge in [-0.05, 0) is 18.6 Å². The molecule has 12 heavy (non-hydrogen) atoms. The first-order valence-corrected chi connectivity index (χ1v) is 4.49. The molecule has 5 heteroatoms. The Kier molecular flexibility index (Phi) is 4.08. The Hall–Kier alpha value is -0.208. The van der Waals surface area contributed by atoms with Crippen molar-refractivity contribution in [3.05, 3.63) is 29.8 Å². The molecule has 0 fully saturated rings. The first kappa shape index (κ1) is 11.8. The summed E-state index contributed by atoms with van der Waals surface area (Å²) in [5.74, 6) is 0. The van der Waals surface area contributed by atoms with Crippen molar-refractivity contribution in [3.8, 4) is 0 Å². The average Bonchev–Trinajstić information content (AvgIpc) is 1.86. The number of rotatable bonds is 1. The zero-order valence-electron chi connectivity index (χ0n) is 6.30. The van der Waals surface area contributed by atoms with E-state index in [1.165, 1.54) is 6.07 Å². The minimum atomic E-state index is -4.03. The van der Waals surface area contributed by atoms with Crippen LogP contribution in [-0.4, -0.2) is 13.0 Å². The van der Waals surface area contributed by atoms with Gasteiger partial charge in [-0.2, -0.15) is 8.42 Å². The largest absolute Gasteiger partial charge is 0.294 e. The van der Waals surface area contributed by atoms with Gasteiger partial charge in [0.05, 0.1) is 4.90 Å². The molecule has 70 valence electrons. The molecule has 0 amide bonds. The van der Waals surface area contributed by atoms with Gasteiger partial charge in [0.25, 0.3) is 10.1 Å². The van der Waals surface area contributed by atoms with E-state index in [0.717, 1.165) is 0 Å². The summed E-state index contributed by atoms with van der Waals surface area (Å²) in [6.07, 6.45) is 0. The van der Waals surface area contributed by atoms with Crippen LogP contribution in [0.5, 0.6) is 0 Å². The zero-order chi connectivity index (χ0) is 8.48. The quantitative estimate of drug-likeness (QED) is 0.621.